The zero-order valence-corrected chi connectivity index (χ0v) is 29.6. The first-order valence-corrected chi connectivity index (χ1v) is 17.2. The second-order valence-corrected chi connectivity index (χ2v) is 10.8. The first-order valence-electron chi connectivity index (χ1n) is 17.2. The number of hydrogen-bond acceptors (Lipinski definition) is 5. The van der Waals surface area contributed by atoms with Gasteiger partial charge in [-0.05, 0) is 60.0 Å². The van der Waals surface area contributed by atoms with Crippen molar-refractivity contribution in [3.05, 3.63) is 158 Å². The predicted molar refractivity (Wildman–Crippen MR) is 212 cm³/mol. The van der Waals surface area contributed by atoms with Crippen molar-refractivity contribution in [2.24, 2.45) is 4.99 Å². The Morgan fingerprint density at radius 2 is 1.24 bits per heavy atom. The van der Waals surface area contributed by atoms with E-state index in [1.54, 1.807) is 24.7 Å². The molecule has 2 aromatic heterocycles. The molecule has 0 atom stereocenters. The number of aromatic nitrogens is 3. The average Bonchev–Trinajstić information content (AvgIpc) is 3.68. The van der Waals surface area contributed by atoms with Crippen LogP contribution >= 0.6 is 0 Å². The topological polar surface area (TPSA) is 80.5 Å². The van der Waals surface area contributed by atoms with Crippen molar-refractivity contribution in [3.63, 3.8) is 0 Å². The molecule has 0 radical (unpaired) electrons. The van der Waals surface area contributed by atoms with Gasteiger partial charge in [0, 0.05) is 41.1 Å². The average molecular weight is 672 g/mol. The van der Waals surface area contributed by atoms with E-state index in [4.69, 9.17) is 0 Å². The van der Waals surface area contributed by atoms with Gasteiger partial charge >= 0.3 is 0 Å². The maximum atomic E-state index is 14.1. The molecule has 2 amide bonds. The van der Waals surface area contributed by atoms with Crippen LogP contribution in [0, 0.1) is 0 Å². The fraction of sp³-hybridized carbons (Fsp3) is 0.114. The van der Waals surface area contributed by atoms with E-state index in [0.29, 0.717) is 22.5 Å². The molecule has 254 valence electrons. The smallest absolute Gasteiger partial charge is 0.268 e. The number of aliphatic imine (C=N–C) groups is 1. The van der Waals surface area contributed by atoms with Gasteiger partial charge in [0.25, 0.3) is 11.8 Å². The molecule has 0 saturated carbocycles. The molecule has 0 fully saturated rings. The molecule has 0 bridgehead atoms. The fourth-order valence-electron chi connectivity index (χ4n) is 6.19. The SMILES string of the molecule is C=CN=CC.CC.CC.O=C1c2cccc(-n3c4ccccc4c4c(-c5cncnc5)cccc43)c2C(=O)N1c1ccc(-c2ccccc2)cc1. The van der Waals surface area contributed by atoms with E-state index in [-0.39, 0.29) is 11.8 Å². The zero-order chi connectivity index (χ0) is 36.3. The summed E-state index contributed by atoms with van der Waals surface area (Å²) < 4.78 is 2.09. The Balaban J connectivity index is 0.000000511. The second kappa shape index (κ2) is 16.8. The number of carbonyl (C=O) groups is 2. The minimum absolute atomic E-state index is 0.327. The summed E-state index contributed by atoms with van der Waals surface area (Å²) in [4.78, 5) is 41.2. The Morgan fingerprint density at radius 1 is 0.627 bits per heavy atom. The van der Waals surface area contributed by atoms with Crippen LogP contribution in [0.5, 0.6) is 0 Å². The molecule has 0 aliphatic carbocycles. The third kappa shape index (κ3) is 6.87. The standard InChI is InChI=1S/C36H22N4O2.C4H7N.2C2H6/c41-35-29-12-7-15-32(34(29)36(42)39(35)26-18-16-24(17-19-26)23-8-2-1-3-9-23)40-30-13-5-4-10-28(30)33-27(11-6-14-31(33)40)25-20-37-22-38-21-25;1-3-5-4-2;2*1-2/h1-22H;3-4H,1H2,2H3;2*1-2H3. The largest absolute Gasteiger partial charge is 0.308 e. The Morgan fingerprint density at radius 3 is 1.90 bits per heavy atom. The Hall–Kier alpha value is -6.47. The Bertz CT molecular complexity index is 2310. The second-order valence-electron chi connectivity index (χ2n) is 10.8. The first-order chi connectivity index (χ1) is 25.1. The van der Waals surface area contributed by atoms with Crippen LogP contribution in [0.3, 0.4) is 0 Å². The zero-order valence-electron chi connectivity index (χ0n) is 29.6. The molecule has 0 spiro atoms. The number of carbonyl (C=O) groups excluding carboxylic acids is 2. The Kier molecular flexibility index (Phi) is 11.8. The van der Waals surface area contributed by atoms with E-state index in [1.165, 1.54) is 17.4 Å². The van der Waals surface area contributed by atoms with Crippen LogP contribution in [0.15, 0.2) is 152 Å². The van der Waals surface area contributed by atoms with E-state index in [0.717, 1.165) is 44.1 Å². The highest BCUT2D eigenvalue weighted by molar-refractivity contribution is 6.36. The van der Waals surface area contributed by atoms with E-state index in [1.807, 2.05) is 132 Å². The van der Waals surface area contributed by atoms with Gasteiger partial charge in [-0.25, -0.2) is 14.9 Å². The molecule has 7 nitrogen and oxygen atoms in total. The van der Waals surface area contributed by atoms with Gasteiger partial charge in [0.15, 0.2) is 0 Å². The van der Waals surface area contributed by atoms with E-state index < -0.39 is 0 Å². The lowest BCUT2D eigenvalue weighted by molar-refractivity contribution is 0.0926. The highest BCUT2D eigenvalue weighted by Crippen LogP contribution is 2.41. The lowest BCUT2D eigenvalue weighted by Gasteiger charge is -2.15. The molecule has 1 aliphatic heterocycles. The van der Waals surface area contributed by atoms with Crippen molar-refractivity contribution >= 4 is 45.5 Å². The summed E-state index contributed by atoms with van der Waals surface area (Å²) in [5, 5.41) is 2.07. The van der Waals surface area contributed by atoms with Crippen molar-refractivity contribution in [2.45, 2.75) is 34.6 Å². The lowest BCUT2D eigenvalue weighted by atomic mass is 10.0. The quantitative estimate of drug-likeness (QED) is 0.135. The van der Waals surface area contributed by atoms with Gasteiger partial charge in [0.2, 0.25) is 0 Å². The van der Waals surface area contributed by atoms with E-state index in [2.05, 4.69) is 38.2 Å². The van der Waals surface area contributed by atoms with Gasteiger partial charge in [-0.15, -0.1) is 0 Å². The highest BCUT2D eigenvalue weighted by Gasteiger charge is 2.39. The van der Waals surface area contributed by atoms with Gasteiger partial charge in [-0.2, -0.15) is 0 Å². The molecule has 5 aromatic carbocycles. The molecular formula is C44H41N5O2. The number of amides is 2. The number of anilines is 1. The minimum Gasteiger partial charge on any atom is -0.308 e. The maximum absolute atomic E-state index is 14.1. The van der Waals surface area contributed by atoms with Crippen molar-refractivity contribution in [1.82, 2.24) is 14.5 Å². The summed E-state index contributed by atoms with van der Waals surface area (Å²) in [6.45, 7) is 13.2. The highest BCUT2D eigenvalue weighted by atomic mass is 16.2. The molecule has 7 aromatic rings. The van der Waals surface area contributed by atoms with Gasteiger partial charge in [-0.1, -0.05) is 113 Å². The molecule has 1 aliphatic rings. The summed E-state index contributed by atoms with van der Waals surface area (Å²) in [6, 6.07) is 37.3. The molecule has 0 unspecified atom stereocenters. The number of hydrogen-bond donors (Lipinski definition) is 0. The van der Waals surface area contributed by atoms with E-state index in [9.17, 15) is 9.59 Å². The van der Waals surface area contributed by atoms with Crippen molar-refractivity contribution in [1.29, 1.82) is 0 Å². The summed E-state index contributed by atoms with van der Waals surface area (Å²) in [5.74, 6) is -0.663. The normalized spacial score (nSPS) is 11.7. The number of rotatable bonds is 5. The predicted octanol–water partition coefficient (Wildman–Crippen LogP) is 11.0. The number of benzene rings is 5. The van der Waals surface area contributed by atoms with E-state index >= 15 is 0 Å². The number of para-hydroxylation sites is 1. The molecular weight excluding hydrogens is 631 g/mol. The van der Waals surface area contributed by atoms with Gasteiger partial charge in [-0.3, -0.25) is 14.6 Å². The first kappa shape index (κ1) is 35.8. The molecule has 3 heterocycles. The third-order valence-corrected chi connectivity index (χ3v) is 8.19. The van der Waals surface area contributed by atoms with Crippen LogP contribution < -0.4 is 4.90 Å². The fourth-order valence-corrected chi connectivity index (χ4v) is 6.19. The maximum Gasteiger partial charge on any atom is 0.268 e. The van der Waals surface area contributed by atoms with Crippen LogP contribution in [0.25, 0.3) is 49.7 Å². The van der Waals surface area contributed by atoms with Crippen molar-refractivity contribution in [2.75, 3.05) is 4.90 Å². The molecule has 51 heavy (non-hydrogen) atoms. The van der Waals surface area contributed by atoms with Crippen LogP contribution in [-0.2, 0) is 0 Å². The van der Waals surface area contributed by atoms with Crippen molar-refractivity contribution in [3.8, 4) is 27.9 Å². The molecule has 8 rings (SSSR count). The summed E-state index contributed by atoms with van der Waals surface area (Å²) in [7, 11) is 0. The summed E-state index contributed by atoms with van der Waals surface area (Å²) in [5.41, 5.74) is 7.85. The van der Waals surface area contributed by atoms with Gasteiger partial charge in [0.05, 0.1) is 33.5 Å². The minimum atomic E-state index is -0.336. The summed E-state index contributed by atoms with van der Waals surface area (Å²) in [6.07, 6.45) is 8.31. The number of imide groups is 1. The molecule has 7 heteroatoms. The number of fused-ring (bicyclic) bond motifs is 4. The monoisotopic (exact) mass is 671 g/mol. The van der Waals surface area contributed by atoms with Gasteiger partial charge in [0.1, 0.15) is 6.33 Å². The summed E-state index contributed by atoms with van der Waals surface area (Å²) >= 11 is 0. The number of nitrogens with zero attached hydrogens (tertiary/aromatic N) is 5. The van der Waals surface area contributed by atoms with Crippen LogP contribution in [0.4, 0.5) is 5.69 Å². The van der Waals surface area contributed by atoms with Crippen LogP contribution in [-0.4, -0.2) is 32.6 Å². The van der Waals surface area contributed by atoms with Crippen LogP contribution in [0.1, 0.15) is 55.3 Å². The Labute approximate surface area is 299 Å². The van der Waals surface area contributed by atoms with Crippen molar-refractivity contribution < 1.29 is 9.59 Å². The van der Waals surface area contributed by atoms with Crippen LogP contribution in [0.2, 0.25) is 0 Å². The van der Waals surface area contributed by atoms with Gasteiger partial charge < -0.3 is 4.57 Å². The molecule has 0 saturated heterocycles. The lowest BCUT2D eigenvalue weighted by Crippen LogP contribution is -2.29. The third-order valence-electron chi connectivity index (χ3n) is 8.19. The molecule has 0 N–H and O–H groups in total.